The van der Waals surface area contributed by atoms with Gasteiger partial charge in [0.2, 0.25) is 5.91 Å². The number of nitrogens with zero attached hydrogens (tertiary/aromatic N) is 2. The third-order valence-corrected chi connectivity index (χ3v) is 4.39. The van der Waals surface area contributed by atoms with Crippen LogP contribution in [0.2, 0.25) is 5.02 Å². The van der Waals surface area contributed by atoms with Crippen molar-refractivity contribution in [3.63, 3.8) is 0 Å². The molecular weight excluding hydrogens is 384 g/mol. The van der Waals surface area contributed by atoms with Gasteiger partial charge in [-0.25, -0.2) is 4.79 Å². The first-order valence-corrected chi connectivity index (χ1v) is 9.19. The first kappa shape index (κ1) is 21.4. The molecule has 1 aromatic heterocycles. The van der Waals surface area contributed by atoms with Crippen molar-refractivity contribution in [3.05, 3.63) is 51.8 Å². The number of amides is 2. The molecule has 0 spiro atoms. The lowest BCUT2D eigenvalue weighted by Crippen LogP contribution is -2.38. The molecule has 2 N–H and O–H groups in total. The van der Waals surface area contributed by atoms with Crippen molar-refractivity contribution >= 4 is 29.4 Å². The Morgan fingerprint density at radius 2 is 1.86 bits per heavy atom. The molecule has 1 aromatic carbocycles. The van der Waals surface area contributed by atoms with E-state index in [1.54, 1.807) is 31.5 Å². The molecule has 1 heterocycles. The monoisotopic (exact) mass is 406 g/mol. The van der Waals surface area contributed by atoms with E-state index < -0.39 is 18.5 Å². The van der Waals surface area contributed by atoms with E-state index in [2.05, 4.69) is 15.7 Å². The van der Waals surface area contributed by atoms with E-state index in [-0.39, 0.29) is 12.5 Å². The summed E-state index contributed by atoms with van der Waals surface area (Å²) >= 11 is 6.19. The number of hydrogen-bond acceptors (Lipinski definition) is 5. The fourth-order valence-electron chi connectivity index (χ4n) is 2.63. The van der Waals surface area contributed by atoms with E-state index in [4.69, 9.17) is 16.3 Å². The molecule has 0 bridgehead atoms. The van der Waals surface area contributed by atoms with Crippen LogP contribution >= 0.6 is 11.6 Å². The second-order valence-corrected chi connectivity index (χ2v) is 6.51. The van der Waals surface area contributed by atoms with Gasteiger partial charge in [-0.15, -0.1) is 0 Å². The molecule has 8 nitrogen and oxygen atoms in total. The Balaban J connectivity index is 1.98. The number of carbonyl (C=O) groups excluding carboxylic acids is 3. The minimum absolute atomic E-state index is 0.169. The maximum absolute atomic E-state index is 12.4. The number of likely N-dealkylation sites (N-methyl/N-ethyl adjacent to an activating group) is 1. The molecule has 0 saturated heterocycles. The van der Waals surface area contributed by atoms with Gasteiger partial charge in [0.1, 0.15) is 5.56 Å². The van der Waals surface area contributed by atoms with E-state index in [0.717, 1.165) is 5.56 Å². The van der Waals surface area contributed by atoms with Gasteiger partial charge in [0.25, 0.3) is 5.91 Å². The first-order chi connectivity index (χ1) is 13.3. The van der Waals surface area contributed by atoms with Crippen LogP contribution in [0.1, 0.15) is 34.2 Å². The lowest BCUT2D eigenvalue weighted by Gasteiger charge is -2.08. The fourth-order valence-corrected chi connectivity index (χ4v) is 2.82. The van der Waals surface area contributed by atoms with Crippen LogP contribution in [-0.4, -0.2) is 47.3 Å². The minimum atomic E-state index is -0.645. The molecular formula is C19H23ClN4O4. The van der Waals surface area contributed by atoms with E-state index in [0.29, 0.717) is 35.1 Å². The fraction of sp³-hybridized carbons (Fsp3) is 0.368. The van der Waals surface area contributed by atoms with Gasteiger partial charge in [-0.2, -0.15) is 5.10 Å². The van der Waals surface area contributed by atoms with E-state index in [1.807, 2.05) is 18.2 Å². The van der Waals surface area contributed by atoms with Gasteiger partial charge in [0.05, 0.1) is 24.5 Å². The molecule has 0 aliphatic heterocycles. The summed E-state index contributed by atoms with van der Waals surface area (Å²) in [5.41, 5.74) is 2.30. The maximum atomic E-state index is 12.4. The Kier molecular flexibility index (Phi) is 7.57. The van der Waals surface area contributed by atoms with Crippen molar-refractivity contribution in [1.82, 2.24) is 20.4 Å². The Hall–Kier alpha value is -2.87. The molecule has 2 rings (SSSR count). The Bertz CT molecular complexity index is 879. The maximum Gasteiger partial charge on any atom is 0.342 e. The summed E-state index contributed by atoms with van der Waals surface area (Å²) in [5, 5.41) is 9.93. The van der Waals surface area contributed by atoms with Gasteiger partial charge in [0, 0.05) is 11.6 Å². The second-order valence-electron chi connectivity index (χ2n) is 6.10. The average molecular weight is 407 g/mol. The number of nitrogens with one attached hydrogen (secondary N) is 2. The van der Waals surface area contributed by atoms with Crippen LogP contribution in [0.25, 0.3) is 0 Å². The Labute approximate surface area is 168 Å². The summed E-state index contributed by atoms with van der Waals surface area (Å²) in [6.45, 7) is 5.46. The van der Waals surface area contributed by atoms with Crippen molar-refractivity contribution in [2.75, 3.05) is 19.7 Å². The largest absolute Gasteiger partial charge is 0.452 e. The van der Waals surface area contributed by atoms with Crippen LogP contribution < -0.4 is 10.6 Å². The lowest BCUT2D eigenvalue weighted by molar-refractivity contribution is -0.127. The van der Waals surface area contributed by atoms with Crippen LogP contribution in [0.3, 0.4) is 0 Å². The lowest BCUT2D eigenvalue weighted by atomic mass is 10.2. The minimum Gasteiger partial charge on any atom is -0.452 e. The molecule has 0 radical (unpaired) electrons. The quantitative estimate of drug-likeness (QED) is 0.648. The number of esters is 1. The summed E-state index contributed by atoms with van der Waals surface area (Å²) in [4.78, 5) is 35.5. The highest BCUT2D eigenvalue weighted by molar-refractivity contribution is 6.31. The number of aromatic nitrogens is 2. The van der Waals surface area contributed by atoms with E-state index in [9.17, 15) is 14.4 Å². The van der Waals surface area contributed by atoms with Gasteiger partial charge in [-0.05, 0) is 32.4 Å². The number of carbonyl (C=O) groups is 3. The van der Waals surface area contributed by atoms with Crippen LogP contribution in [0.4, 0.5) is 0 Å². The summed E-state index contributed by atoms with van der Waals surface area (Å²) in [7, 11) is 0. The van der Waals surface area contributed by atoms with Crippen molar-refractivity contribution in [2.24, 2.45) is 0 Å². The van der Waals surface area contributed by atoms with Crippen LogP contribution in [0, 0.1) is 13.8 Å². The summed E-state index contributed by atoms with van der Waals surface area (Å²) in [5.74, 6) is -1.51. The highest BCUT2D eigenvalue weighted by Crippen LogP contribution is 2.20. The Morgan fingerprint density at radius 1 is 1.14 bits per heavy atom. The number of rotatable bonds is 8. The number of benzene rings is 1. The molecule has 0 aliphatic carbocycles. The number of aryl methyl sites for hydroxylation is 1. The zero-order valence-corrected chi connectivity index (χ0v) is 16.8. The predicted molar refractivity (Wildman–Crippen MR) is 104 cm³/mol. The molecule has 28 heavy (non-hydrogen) atoms. The van der Waals surface area contributed by atoms with Gasteiger partial charge in [-0.3, -0.25) is 14.3 Å². The van der Waals surface area contributed by atoms with E-state index >= 15 is 0 Å². The molecule has 2 amide bonds. The molecule has 0 atom stereocenters. The molecule has 0 fully saturated rings. The average Bonchev–Trinajstić information content (AvgIpc) is 2.93. The van der Waals surface area contributed by atoms with Crippen molar-refractivity contribution in [2.45, 2.75) is 27.3 Å². The molecule has 9 heteroatoms. The highest BCUT2D eigenvalue weighted by Gasteiger charge is 2.21. The smallest absolute Gasteiger partial charge is 0.342 e. The molecule has 0 unspecified atom stereocenters. The molecule has 0 saturated carbocycles. The zero-order chi connectivity index (χ0) is 20.7. The second kappa shape index (κ2) is 9.89. The first-order valence-electron chi connectivity index (χ1n) is 8.81. The van der Waals surface area contributed by atoms with Crippen molar-refractivity contribution in [1.29, 1.82) is 0 Å². The highest BCUT2D eigenvalue weighted by atomic mass is 35.5. The van der Waals surface area contributed by atoms with Crippen LogP contribution in [-0.2, 0) is 20.9 Å². The summed E-state index contributed by atoms with van der Waals surface area (Å²) in [6, 6.07) is 7.39. The SMILES string of the molecule is CCNC(=O)CNC(=O)COC(=O)c1c(C)nn(Cc2ccccc2Cl)c1C. The van der Waals surface area contributed by atoms with Gasteiger partial charge in [0.15, 0.2) is 6.61 Å². The molecule has 150 valence electrons. The van der Waals surface area contributed by atoms with Gasteiger partial charge in [-0.1, -0.05) is 29.8 Å². The number of hydrogen-bond donors (Lipinski definition) is 2. The number of halogens is 1. The molecule has 0 aliphatic rings. The van der Waals surface area contributed by atoms with Gasteiger partial charge < -0.3 is 15.4 Å². The summed E-state index contributed by atoms with van der Waals surface area (Å²) in [6.07, 6.45) is 0. The van der Waals surface area contributed by atoms with Gasteiger partial charge >= 0.3 is 5.97 Å². The van der Waals surface area contributed by atoms with Crippen LogP contribution in [0.5, 0.6) is 0 Å². The molecule has 2 aromatic rings. The zero-order valence-electron chi connectivity index (χ0n) is 16.0. The van der Waals surface area contributed by atoms with Crippen LogP contribution in [0.15, 0.2) is 24.3 Å². The summed E-state index contributed by atoms with van der Waals surface area (Å²) < 4.78 is 6.74. The predicted octanol–water partition coefficient (Wildman–Crippen LogP) is 1.61. The third-order valence-electron chi connectivity index (χ3n) is 4.02. The van der Waals surface area contributed by atoms with Crippen molar-refractivity contribution < 1.29 is 19.1 Å². The van der Waals surface area contributed by atoms with E-state index in [1.165, 1.54) is 0 Å². The number of ether oxygens (including phenoxy) is 1. The Morgan fingerprint density at radius 3 is 2.54 bits per heavy atom. The topological polar surface area (TPSA) is 102 Å². The standard InChI is InChI=1S/C19H23ClN4O4/c1-4-21-16(25)9-22-17(26)11-28-19(27)18-12(2)23-24(13(18)3)10-14-7-5-6-8-15(14)20/h5-8H,4,9-11H2,1-3H3,(H,21,25)(H,22,26). The normalized spacial score (nSPS) is 10.4. The van der Waals surface area contributed by atoms with Crippen molar-refractivity contribution in [3.8, 4) is 0 Å². The third kappa shape index (κ3) is 5.56.